The third kappa shape index (κ3) is 6.33. The van der Waals surface area contributed by atoms with Crippen molar-refractivity contribution < 1.29 is 23.8 Å². The van der Waals surface area contributed by atoms with E-state index in [2.05, 4.69) is 5.32 Å². The first-order chi connectivity index (χ1) is 12.9. The van der Waals surface area contributed by atoms with Crippen LogP contribution in [0.5, 0.6) is 11.5 Å². The van der Waals surface area contributed by atoms with E-state index in [1.165, 1.54) is 0 Å². The van der Waals surface area contributed by atoms with Crippen LogP contribution in [0.3, 0.4) is 0 Å². The van der Waals surface area contributed by atoms with Crippen molar-refractivity contribution >= 4 is 17.6 Å². The SMILES string of the molecule is COc1ccc(CCC(=O)OCC(=O)Nc2cc(C)cc(C)c2)cc1OC. The lowest BCUT2D eigenvalue weighted by molar-refractivity contribution is -0.147. The highest BCUT2D eigenvalue weighted by atomic mass is 16.5. The molecule has 0 bridgehead atoms. The molecule has 0 aliphatic heterocycles. The number of anilines is 1. The monoisotopic (exact) mass is 371 g/mol. The van der Waals surface area contributed by atoms with E-state index in [-0.39, 0.29) is 18.9 Å². The van der Waals surface area contributed by atoms with Gasteiger partial charge in [-0.25, -0.2) is 0 Å². The summed E-state index contributed by atoms with van der Waals surface area (Å²) < 4.78 is 15.5. The lowest BCUT2D eigenvalue weighted by atomic mass is 10.1. The van der Waals surface area contributed by atoms with Crippen molar-refractivity contribution in [1.29, 1.82) is 0 Å². The fourth-order valence-electron chi connectivity index (χ4n) is 2.74. The standard InChI is InChI=1S/C21H25NO5/c1-14-9-15(2)11-17(10-14)22-20(23)13-27-21(24)8-6-16-5-7-18(25-3)19(12-16)26-4/h5,7,9-12H,6,8,13H2,1-4H3,(H,22,23). The Kier molecular flexibility index (Phi) is 7.23. The van der Waals surface area contributed by atoms with Gasteiger partial charge in [0.05, 0.1) is 14.2 Å². The molecule has 0 fully saturated rings. The third-order valence-electron chi connectivity index (χ3n) is 3.94. The summed E-state index contributed by atoms with van der Waals surface area (Å²) in [4.78, 5) is 23.8. The Hall–Kier alpha value is -3.02. The van der Waals surface area contributed by atoms with Crippen molar-refractivity contribution in [2.75, 3.05) is 26.1 Å². The topological polar surface area (TPSA) is 73.9 Å². The first kappa shape index (κ1) is 20.3. The molecule has 1 amide bonds. The summed E-state index contributed by atoms with van der Waals surface area (Å²) in [5.74, 6) is 0.447. The Bertz CT molecular complexity index is 796. The van der Waals surface area contributed by atoms with Crippen molar-refractivity contribution in [2.45, 2.75) is 26.7 Å². The Balaban J connectivity index is 1.79. The summed E-state index contributed by atoms with van der Waals surface area (Å²) in [7, 11) is 3.13. The average molecular weight is 371 g/mol. The quantitative estimate of drug-likeness (QED) is 0.720. The first-order valence-electron chi connectivity index (χ1n) is 8.66. The predicted molar refractivity (Wildman–Crippen MR) is 103 cm³/mol. The Labute approximate surface area is 159 Å². The van der Waals surface area contributed by atoms with Crippen molar-refractivity contribution in [2.24, 2.45) is 0 Å². The van der Waals surface area contributed by atoms with E-state index in [0.717, 1.165) is 16.7 Å². The maximum absolute atomic E-state index is 11.9. The second-order valence-corrected chi connectivity index (χ2v) is 6.27. The van der Waals surface area contributed by atoms with Crippen molar-refractivity contribution in [1.82, 2.24) is 0 Å². The number of benzene rings is 2. The number of carbonyl (C=O) groups is 2. The summed E-state index contributed by atoms with van der Waals surface area (Å²) in [5.41, 5.74) is 3.72. The van der Waals surface area contributed by atoms with E-state index in [0.29, 0.717) is 23.6 Å². The smallest absolute Gasteiger partial charge is 0.306 e. The van der Waals surface area contributed by atoms with Gasteiger partial charge in [-0.15, -0.1) is 0 Å². The van der Waals surface area contributed by atoms with Crippen LogP contribution < -0.4 is 14.8 Å². The van der Waals surface area contributed by atoms with E-state index >= 15 is 0 Å². The predicted octanol–water partition coefficient (Wildman–Crippen LogP) is 3.44. The van der Waals surface area contributed by atoms with Gasteiger partial charge in [-0.1, -0.05) is 12.1 Å². The average Bonchev–Trinajstić information content (AvgIpc) is 2.63. The summed E-state index contributed by atoms with van der Waals surface area (Å²) in [6, 6.07) is 11.2. The number of esters is 1. The molecule has 1 N–H and O–H groups in total. The molecule has 2 rings (SSSR count). The summed E-state index contributed by atoms with van der Waals surface area (Å²) >= 11 is 0. The molecule has 0 saturated heterocycles. The fourth-order valence-corrected chi connectivity index (χ4v) is 2.74. The molecule has 0 aliphatic rings. The van der Waals surface area contributed by atoms with Gasteiger partial charge in [0, 0.05) is 12.1 Å². The number of methoxy groups -OCH3 is 2. The number of aryl methyl sites for hydroxylation is 3. The molecule has 0 aromatic heterocycles. The second-order valence-electron chi connectivity index (χ2n) is 6.27. The molecule has 0 radical (unpaired) electrons. The maximum Gasteiger partial charge on any atom is 0.306 e. The van der Waals surface area contributed by atoms with Crippen molar-refractivity contribution in [3.63, 3.8) is 0 Å². The van der Waals surface area contributed by atoms with E-state index in [1.807, 2.05) is 44.2 Å². The van der Waals surface area contributed by atoms with Crippen LogP contribution in [-0.4, -0.2) is 32.7 Å². The second kappa shape index (κ2) is 9.62. The largest absolute Gasteiger partial charge is 0.493 e. The van der Waals surface area contributed by atoms with Gasteiger partial charge in [-0.3, -0.25) is 9.59 Å². The van der Waals surface area contributed by atoms with Gasteiger partial charge < -0.3 is 19.5 Å². The van der Waals surface area contributed by atoms with E-state index in [4.69, 9.17) is 14.2 Å². The Morgan fingerprint density at radius 1 is 0.926 bits per heavy atom. The van der Waals surface area contributed by atoms with Gasteiger partial charge in [0.1, 0.15) is 0 Å². The third-order valence-corrected chi connectivity index (χ3v) is 3.94. The van der Waals surface area contributed by atoms with Crippen LogP contribution in [0.4, 0.5) is 5.69 Å². The highest BCUT2D eigenvalue weighted by Crippen LogP contribution is 2.28. The summed E-state index contributed by atoms with van der Waals surface area (Å²) in [6.45, 7) is 3.60. The highest BCUT2D eigenvalue weighted by molar-refractivity contribution is 5.92. The Morgan fingerprint density at radius 2 is 1.59 bits per heavy atom. The zero-order valence-corrected chi connectivity index (χ0v) is 16.1. The van der Waals surface area contributed by atoms with Crippen LogP contribution in [-0.2, 0) is 20.7 Å². The van der Waals surface area contributed by atoms with Crippen LogP contribution in [0, 0.1) is 13.8 Å². The minimum atomic E-state index is -0.430. The molecular weight excluding hydrogens is 346 g/mol. The zero-order valence-electron chi connectivity index (χ0n) is 16.1. The van der Waals surface area contributed by atoms with Crippen molar-refractivity contribution in [3.8, 4) is 11.5 Å². The molecular formula is C21H25NO5. The highest BCUT2D eigenvalue weighted by Gasteiger charge is 2.10. The number of rotatable bonds is 8. The van der Waals surface area contributed by atoms with Gasteiger partial charge >= 0.3 is 5.97 Å². The molecule has 144 valence electrons. The van der Waals surface area contributed by atoms with Crippen LogP contribution in [0.25, 0.3) is 0 Å². The number of hydrogen-bond acceptors (Lipinski definition) is 5. The molecule has 0 spiro atoms. The van der Waals surface area contributed by atoms with Gasteiger partial charge in [-0.05, 0) is 61.2 Å². The van der Waals surface area contributed by atoms with E-state index in [9.17, 15) is 9.59 Å². The van der Waals surface area contributed by atoms with Gasteiger partial charge in [0.2, 0.25) is 0 Å². The number of ether oxygens (including phenoxy) is 3. The molecule has 6 nitrogen and oxygen atoms in total. The first-order valence-corrected chi connectivity index (χ1v) is 8.66. The molecule has 0 saturated carbocycles. The maximum atomic E-state index is 11.9. The Morgan fingerprint density at radius 3 is 2.22 bits per heavy atom. The number of hydrogen-bond donors (Lipinski definition) is 1. The number of nitrogens with one attached hydrogen (secondary N) is 1. The molecule has 6 heteroatoms. The van der Waals surface area contributed by atoms with E-state index in [1.54, 1.807) is 20.3 Å². The van der Waals surface area contributed by atoms with Crippen LogP contribution in [0.1, 0.15) is 23.1 Å². The van der Waals surface area contributed by atoms with Crippen LogP contribution in [0.2, 0.25) is 0 Å². The molecule has 0 heterocycles. The molecule has 0 aliphatic carbocycles. The van der Waals surface area contributed by atoms with Gasteiger partial charge in [0.25, 0.3) is 5.91 Å². The summed E-state index contributed by atoms with van der Waals surface area (Å²) in [6.07, 6.45) is 0.657. The van der Waals surface area contributed by atoms with Gasteiger partial charge in [0.15, 0.2) is 18.1 Å². The molecule has 2 aromatic rings. The summed E-state index contributed by atoms with van der Waals surface area (Å²) in [5, 5.41) is 2.73. The number of amides is 1. The lowest BCUT2D eigenvalue weighted by Crippen LogP contribution is -2.21. The fraction of sp³-hybridized carbons (Fsp3) is 0.333. The zero-order chi connectivity index (χ0) is 19.8. The number of carbonyl (C=O) groups excluding carboxylic acids is 2. The normalized spacial score (nSPS) is 10.2. The van der Waals surface area contributed by atoms with Gasteiger partial charge in [-0.2, -0.15) is 0 Å². The van der Waals surface area contributed by atoms with Crippen LogP contribution >= 0.6 is 0 Å². The molecule has 0 unspecified atom stereocenters. The van der Waals surface area contributed by atoms with Crippen molar-refractivity contribution in [3.05, 3.63) is 53.1 Å². The molecule has 0 atom stereocenters. The lowest BCUT2D eigenvalue weighted by Gasteiger charge is -2.10. The molecule has 2 aromatic carbocycles. The van der Waals surface area contributed by atoms with E-state index < -0.39 is 5.97 Å². The van der Waals surface area contributed by atoms with Crippen LogP contribution in [0.15, 0.2) is 36.4 Å². The molecule has 27 heavy (non-hydrogen) atoms. The minimum absolute atomic E-state index is 0.173. The minimum Gasteiger partial charge on any atom is -0.493 e.